The second kappa shape index (κ2) is 12.8. The number of thioether (sulfide) groups is 1. The zero-order valence-electron chi connectivity index (χ0n) is 24.1. The number of amides is 3. The molecule has 2 aromatic carbocycles. The Hall–Kier alpha value is -3.84. The average molecular weight is 619 g/mol. The minimum atomic E-state index is -4.60. The molecule has 0 unspecified atom stereocenters. The molecule has 3 N–H and O–H groups in total. The van der Waals surface area contributed by atoms with Gasteiger partial charge in [0.15, 0.2) is 6.10 Å². The Morgan fingerprint density at radius 1 is 1.12 bits per heavy atom. The van der Waals surface area contributed by atoms with Crippen LogP contribution in [0.1, 0.15) is 52.3 Å². The maximum Gasteiger partial charge on any atom is 0.416 e. The van der Waals surface area contributed by atoms with Gasteiger partial charge in [-0.1, -0.05) is 53.7 Å². The van der Waals surface area contributed by atoms with Gasteiger partial charge in [0, 0.05) is 11.3 Å². The van der Waals surface area contributed by atoms with Crippen molar-refractivity contribution in [2.45, 2.75) is 69.8 Å². The fraction of sp³-hybridized carbons (Fsp3) is 0.400. The number of hydrogen-bond acceptors (Lipinski definition) is 7. The van der Waals surface area contributed by atoms with Gasteiger partial charge in [-0.25, -0.2) is 0 Å². The van der Waals surface area contributed by atoms with Crippen molar-refractivity contribution in [2.24, 2.45) is 0 Å². The van der Waals surface area contributed by atoms with Crippen LogP contribution in [0.4, 0.5) is 13.2 Å². The quantitative estimate of drug-likeness (QED) is 0.331. The summed E-state index contributed by atoms with van der Waals surface area (Å²) in [6.07, 6.45) is -6.25. The monoisotopic (exact) mass is 618 g/mol. The summed E-state index contributed by atoms with van der Waals surface area (Å²) in [6, 6.07) is 11.7. The maximum absolute atomic E-state index is 13.8. The predicted molar refractivity (Wildman–Crippen MR) is 154 cm³/mol. The molecule has 0 aliphatic carbocycles. The second-order valence-electron chi connectivity index (χ2n) is 10.9. The van der Waals surface area contributed by atoms with Crippen LogP contribution in [0.15, 0.2) is 59.1 Å². The molecule has 1 aromatic heterocycles. The standard InChI is InChI=1S/C30H33F3N4O5S/c1-17-23(18(2)42-36-17)26(39)35-22(14-19-10-6-5-7-11-19)24(38)28(41)37-16-43-29(3,4)25(37)27(40)34-15-20-12-8-9-13-21(20)30(31,32)33/h5-13,22,24-25,38H,14-16H2,1-4H3,(H,34,40)(H,35,39)/t22-,24-,25+/m0/s1. The smallest absolute Gasteiger partial charge is 0.381 e. The van der Waals surface area contributed by atoms with Crippen molar-refractivity contribution >= 4 is 29.5 Å². The zero-order valence-corrected chi connectivity index (χ0v) is 24.9. The van der Waals surface area contributed by atoms with Gasteiger partial charge < -0.3 is 25.2 Å². The van der Waals surface area contributed by atoms with E-state index in [-0.39, 0.29) is 29.2 Å². The predicted octanol–water partition coefficient (Wildman–Crippen LogP) is 4.01. The van der Waals surface area contributed by atoms with Crippen LogP contribution < -0.4 is 10.6 Å². The topological polar surface area (TPSA) is 125 Å². The lowest BCUT2D eigenvalue weighted by Crippen LogP contribution is -2.58. The molecule has 0 radical (unpaired) electrons. The molecule has 4 rings (SSSR count). The van der Waals surface area contributed by atoms with E-state index in [4.69, 9.17) is 4.52 Å². The van der Waals surface area contributed by atoms with Crippen LogP contribution in [0, 0.1) is 13.8 Å². The van der Waals surface area contributed by atoms with Crippen LogP contribution in [0.3, 0.4) is 0 Å². The Kier molecular flexibility index (Phi) is 9.55. The van der Waals surface area contributed by atoms with Gasteiger partial charge in [-0.3, -0.25) is 14.4 Å². The van der Waals surface area contributed by atoms with Crippen molar-refractivity contribution in [3.05, 3.63) is 88.3 Å². The van der Waals surface area contributed by atoms with E-state index in [1.54, 1.807) is 52.0 Å². The van der Waals surface area contributed by atoms with E-state index >= 15 is 0 Å². The SMILES string of the molecule is Cc1noc(C)c1C(=O)N[C@@H](Cc1ccccc1)[C@H](O)C(=O)N1CSC(C)(C)[C@H]1C(=O)NCc1ccccc1C(F)(F)F. The van der Waals surface area contributed by atoms with Crippen molar-refractivity contribution in [2.75, 3.05) is 5.88 Å². The lowest BCUT2D eigenvalue weighted by molar-refractivity contribution is -0.147. The fourth-order valence-electron chi connectivity index (χ4n) is 5.14. The number of aliphatic hydroxyl groups excluding tert-OH is 1. The number of rotatable bonds is 9. The Bertz CT molecular complexity index is 1460. The summed E-state index contributed by atoms with van der Waals surface area (Å²) >= 11 is 1.30. The van der Waals surface area contributed by atoms with Crippen LogP contribution in [0.2, 0.25) is 0 Å². The van der Waals surface area contributed by atoms with Crippen molar-refractivity contribution in [1.29, 1.82) is 0 Å². The molecule has 1 aliphatic heterocycles. The minimum Gasteiger partial charge on any atom is -0.381 e. The number of aromatic nitrogens is 1. The summed E-state index contributed by atoms with van der Waals surface area (Å²) in [7, 11) is 0. The van der Waals surface area contributed by atoms with Crippen molar-refractivity contribution in [3.63, 3.8) is 0 Å². The van der Waals surface area contributed by atoms with Gasteiger partial charge in [-0.05, 0) is 51.3 Å². The van der Waals surface area contributed by atoms with Crippen molar-refractivity contribution in [1.82, 2.24) is 20.7 Å². The van der Waals surface area contributed by atoms with Crippen LogP contribution >= 0.6 is 11.8 Å². The van der Waals surface area contributed by atoms with E-state index < -0.39 is 58.9 Å². The highest BCUT2D eigenvalue weighted by Crippen LogP contribution is 2.40. The largest absolute Gasteiger partial charge is 0.416 e. The van der Waals surface area contributed by atoms with Crippen LogP contribution in [0.25, 0.3) is 0 Å². The van der Waals surface area contributed by atoms with Crippen LogP contribution in [-0.2, 0) is 28.7 Å². The first-order chi connectivity index (χ1) is 20.2. The van der Waals surface area contributed by atoms with Gasteiger partial charge in [0.25, 0.3) is 11.8 Å². The number of hydrogen-bond donors (Lipinski definition) is 3. The molecule has 13 heteroatoms. The van der Waals surface area contributed by atoms with Gasteiger partial charge in [0.1, 0.15) is 17.4 Å². The molecule has 0 bridgehead atoms. The number of aliphatic hydroxyl groups is 1. The summed E-state index contributed by atoms with van der Waals surface area (Å²) in [4.78, 5) is 41.6. The molecule has 3 atom stereocenters. The van der Waals surface area contributed by atoms with Crippen LogP contribution in [-0.4, -0.2) is 61.7 Å². The molecule has 1 aliphatic rings. The molecular weight excluding hydrogens is 585 g/mol. The van der Waals surface area contributed by atoms with E-state index in [9.17, 15) is 32.7 Å². The van der Waals surface area contributed by atoms with Gasteiger partial charge in [0.05, 0.1) is 23.2 Å². The van der Waals surface area contributed by atoms with Crippen molar-refractivity contribution < 1.29 is 37.2 Å². The first kappa shape index (κ1) is 32.1. The zero-order chi connectivity index (χ0) is 31.5. The summed E-state index contributed by atoms with van der Waals surface area (Å²) in [6.45, 7) is 6.25. The lowest BCUT2D eigenvalue weighted by Gasteiger charge is -2.33. The third-order valence-corrected chi connectivity index (χ3v) is 8.74. The average Bonchev–Trinajstić information content (AvgIpc) is 3.47. The Morgan fingerprint density at radius 2 is 1.77 bits per heavy atom. The number of carbonyl (C=O) groups is 3. The minimum absolute atomic E-state index is 0.0516. The van der Waals surface area contributed by atoms with E-state index in [1.165, 1.54) is 34.9 Å². The molecule has 3 amide bonds. The molecule has 2 heterocycles. The first-order valence-corrected chi connectivity index (χ1v) is 14.5. The van der Waals surface area contributed by atoms with Gasteiger partial charge >= 0.3 is 6.18 Å². The Morgan fingerprint density at radius 3 is 2.40 bits per heavy atom. The Balaban J connectivity index is 1.56. The number of alkyl halides is 3. The Labute approximate surface area is 251 Å². The number of aryl methyl sites for hydroxylation is 2. The first-order valence-electron chi connectivity index (χ1n) is 13.5. The molecule has 0 spiro atoms. The molecule has 230 valence electrons. The number of carbonyl (C=O) groups excluding carboxylic acids is 3. The summed E-state index contributed by atoms with van der Waals surface area (Å²) in [5, 5.41) is 20.5. The van der Waals surface area contributed by atoms with E-state index in [1.807, 2.05) is 6.07 Å². The third kappa shape index (κ3) is 7.21. The molecule has 3 aromatic rings. The molecule has 0 saturated carbocycles. The summed E-state index contributed by atoms with van der Waals surface area (Å²) in [5.74, 6) is -1.72. The number of halogens is 3. The van der Waals surface area contributed by atoms with E-state index in [2.05, 4.69) is 15.8 Å². The summed E-state index contributed by atoms with van der Waals surface area (Å²) in [5.41, 5.74) is 0.293. The molecule has 1 saturated heterocycles. The van der Waals surface area contributed by atoms with E-state index in [0.29, 0.717) is 5.69 Å². The van der Waals surface area contributed by atoms with Crippen LogP contribution in [0.5, 0.6) is 0 Å². The highest BCUT2D eigenvalue weighted by atomic mass is 32.2. The molecule has 1 fully saturated rings. The second-order valence-corrected chi connectivity index (χ2v) is 12.5. The fourth-order valence-corrected chi connectivity index (χ4v) is 6.28. The molecular formula is C30H33F3N4O5S. The summed E-state index contributed by atoms with van der Waals surface area (Å²) < 4.78 is 44.7. The van der Waals surface area contributed by atoms with Gasteiger partial charge in [0.2, 0.25) is 5.91 Å². The normalized spacial score (nSPS) is 17.8. The molecule has 9 nitrogen and oxygen atoms in total. The number of nitrogens with zero attached hydrogens (tertiary/aromatic N) is 2. The molecule has 43 heavy (non-hydrogen) atoms. The van der Waals surface area contributed by atoms with Gasteiger partial charge in [-0.15, -0.1) is 11.8 Å². The van der Waals surface area contributed by atoms with E-state index in [0.717, 1.165) is 11.6 Å². The maximum atomic E-state index is 13.8. The third-order valence-electron chi connectivity index (χ3n) is 7.36. The van der Waals surface area contributed by atoms with Gasteiger partial charge in [-0.2, -0.15) is 13.2 Å². The highest BCUT2D eigenvalue weighted by molar-refractivity contribution is 8.00. The number of benzene rings is 2. The highest BCUT2D eigenvalue weighted by Gasteiger charge is 2.50. The lowest BCUT2D eigenvalue weighted by atomic mass is 9.96. The number of nitrogens with one attached hydrogen (secondary N) is 2. The van der Waals surface area contributed by atoms with Crippen molar-refractivity contribution in [3.8, 4) is 0 Å².